The highest BCUT2D eigenvalue weighted by Gasteiger charge is 2.27. The van der Waals surface area contributed by atoms with Crippen molar-refractivity contribution < 1.29 is 23.4 Å². The first-order valence-corrected chi connectivity index (χ1v) is 12.4. The van der Waals surface area contributed by atoms with E-state index < -0.39 is 25.4 Å². The Kier molecular flexibility index (Phi) is 9.42. The van der Waals surface area contributed by atoms with E-state index in [0.717, 1.165) is 10.4 Å². The van der Waals surface area contributed by atoms with E-state index in [4.69, 9.17) is 26.2 Å². The third-order valence-corrected chi connectivity index (χ3v) is 6.73. The van der Waals surface area contributed by atoms with Gasteiger partial charge in [0.1, 0.15) is 11.0 Å². The fourth-order valence-electron chi connectivity index (χ4n) is 3.42. The maximum absolute atomic E-state index is 13.6. The standard InChI is InChI=1S/C26H27ClF2N2O4S/c1-4-21(35-13-5-10-26(28,29)11-12-32)22(34-3)14-17(2)31-16-30-20-15-23(36-24(20)25(31)33)18-6-8-19(27)9-7-18/h4,6-9,14-16,32H,2,5,10-13H2,1,3H3/b21-4+,22-14+. The van der Waals surface area contributed by atoms with Crippen LogP contribution in [0.3, 0.4) is 0 Å². The van der Waals surface area contributed by atoms with Crippen LogP contribution in [-0.2, 0) is 9.47 Å². The summed E-state index contributed by atoms with van der Waals surface area (Å²) in [4.78, 5) is 18.5. The number of aromatic nitrogens is 2. The number of rotatable bonds is 12. The molecule has 1 N–H and O–H groups in total. The number of aliphatic hydroxyl groups excluding tert-OH is 1. The SMILES string of the molecule is C=C(/C=C(OC)\C(=C/C)OCCCC(F)(F)CCO)n1cnc2cc(-c3ccc(Cl)cc3)sc2c1=O. The maximum Gasteiger partial charge on any atom is 0.275 e. The predicted octanol–water partition coefficient (Wildman–Crippen LogP) is 6.50. The Balaban J connectivity index is 1.77. The Morgan fingerprint density at radius 3 is 2.64 bits per heavy atom. The van der Waals surface area contributed by atoms with Gasteiger partial charge >= 0.3 is 0 Å². The topological polar surface area (TPSA) is 73.6 Å². The Morgan fingerprint density at radius 1 is 1.28 bits per heavy atom. The first kappa shape index (κ1) is 27.6. The van der Waals surface area contributed by atoms with E-state index in [1.807, 2.05) is 18.2 Å². The van der Waals surface area contributed by atoms with Crippen LogP contribution in [-0.4, -0.2) is 40.9 Å². The number of allylic oxidation sites excluding steroid dienone is 3. The van der Waals surface area contributed by atoms with E-state index >= 15 is 0 Å². The van der Waals surface area contributed by atoms with Crippen molar-refractivity contribution in [3.8, 4) is 10.4 Å². The zero-order valence-electron chi connectivity index (χ0n) is 20.0. The summed E-state index contributed by atoms with van der Waals surface area (Å²) in [5.74, 6) is -2.33. The van der Waals surface area contributed by atoms with Crippen LogP contribution in [0.15, 0.2) is 71.7 Å². The second-order valence-electron chi connectivity index (χ2n) is 7.89. The molecule has 2 heterocycles. The van der Waals surface area contributed by atoms with Gasteiger partial charge in [-0.05, 0) is 43.2 Å². The summed E-state index contributed by atoms with van der Waals surface area (Å²) in [5, 5.41) is 9.35. The lowest BCUT2D eigenvalue weighted by Gasteiger charge is -2.17. The Labute approximate surface area is 216 Å². The van der Waals surface area contributed by atoms with Crippen molar-refractivity contribution in [3.63, 3.8) is 0 Å². The molecule has 0 radical (unpaired) electrons. The average molecular weight is 537 g/mol. The third kappa shape index (κ3) is 6.81. The predicted molar refractivity (Wildman–Crippen MR) is 140 cm³/mol. The highest BCUT2D eigenvalue weighted by molar-refractivity contribution is 7.22. The minimum absolute atomic E-state index is 0.0317. The van der Waals surface area contributed by atoms with Gasteiger partial charge in [-0.15, -0.1) is 11.3 Å². The first-order valence-electron chi connectivity index (χ1n) is 11.2. The van der Waals surface area contributed by atoms with Crippen molar-refractivity contribution in [2.75, 3.05) is 20.3 Å². The van der Waals surface area contributed by atoms with E-state index in [9.17, 15) is 13.6 Å². The van der Waals surface area contributed by atoms with E-state index in [1.165, 1.54) is 35.4 Å². The number of halogens is 3. The molecule has 0 atom stereocenters. The molecular formula is C26H27ClF2N2O4S. The molecule has 1 aromatic carbocycles. The number of alkyl halides is 2. The van der Waals surface area contributed by atoms with Crippen molar-refractivity contribution in [3.05, 3.63) is 82.3 Å². The van der Waals surface area contributed by atoms with Crippen LogP contribution in [0.2, 0.25) is 5.02 Å². The fraction of sp³-hybridized carbons (Fsp3) is 0.308. The molecule has 0 aliphatic rings. The van der Waals surface area contributed by atoms with Crippen LogP contribution in [0.1, 0.15) is 26.2 Å². The summed E-state index contributed by atoms with van der Waals surface area (Å²) in [6.45, 7) is 5.15. The Hall–Kier alpha value is -3.01. The molecular weight excluding hydrogens is 510 g/mol. The summed E-state index contributed by atoms with van der Waals surface area (Å²) in [6, 6.07) is 9.18. The first-order chi connectivity index (χ1) is 17.2. The number of aliphatic hydroxyl groups is 1. The molecule has 6 nitrogen and oxygen atoms in total. The van der Waals surface area contributed by atoms with E-state index in [1.54, 1.807) is 25.1 Å². The van der Waals surface area contributed by atoms with E-state index in [-0.39, 0.29) is 24.3 Å². The van der Waals surface area contributed by atoms with Crippen LogP contribution < -0.4 is 5.56 Å². The van der Waals surface area contributed by atoms with Crippen LogP contribution in [0.25, 0.3) is 26.4 Å². The van der Waals surface area contributed by atoms with Gasteiger partial charge in [0.2, 0.25) is 0 Å². The molecule has 0 bridgehead atoms. The number of thiophene rings is 1. The number of nitrogens with zero attached hydrogens (tertiary/aromatic N) is 2. The Morgan fingerprint density at radius 2 is 2.00 bits per heavy atom. The lowest BCUT2D eigenvalue weighted by molar-refractivity contribution is -0.0343. The monoisotopic (exact) mass is 536 g/mol. The van der Waals surface area contributed by atoms with Crippen LogP contribution in [0, 0.1) is 0 Å². The summed E-state index contributed by atoms with van der Waals surface area (Å²) in [5.41, 5.74) is 1.52. The zero-order valence-corrected chi connectivity index (χ0v) is 21.5. The van der Waals surface area contributed by atoms with Gasteiger partial charge in [-0.25, -0.2) is 13.8 Å². The zero-order chi connectivity index (χ0) is 26.3. The summed E-state index contributed by atoms with van der Waals surface area (Å²) in [6.07, 6.45) is 3.67. The van der Waals surface area contributed by atoms with E-state index in [2.05, 4.69) is 11.6 Å². The number of ether oxygens (including phenoxy) is 2. The highest BCUT2D eigenvalue weighted by atomic mass is 35.5. The molecule has 0 fully saturated rings. The number of methoxy groups -OCH3 is 1. The molecule has 10 heteroatoms. The van der Waals surface area contributed by atoms with Crippen molar-refractivity contribution >= 4 is 38.9 Å². The molecule has 0 spiro atoms. The molecule has 0 amide bonds. The quantitative estimate of drug-likeness (QED) is 0.162. The molecule has 3 rings (SSSR count). The van der Waals surface area contributed by atoms with Crippen LogP contribution >= 0.6 is 22.9 Å². The molecule has 0 aliphatic carbocycles. The average Bonchev–Trinajstić information content (AvgIpc) is 3.29. The summed E-state index contributed by atoms with van der Waals surface area (Å²) in [7, 11) is 1.43. The highest BCUT2D eigenvalue weighted by Crippen LogP contribution is 2.31. The van der Waals surface area contributed by atoms with Crippen molar-refractivity contribution in [2.45, 2.75) is 32.1 Å². The minimum Gasteiger partial charge on any atom is -0.493 e. The largest absolute Gasteiger partial charge is 0.493 e. The number of hydrogen-bond donors (Lipinski definition) is 1. The van der Waals surface area contributed by atoms with Crippen molar-refractivity contribution in [2.24, 2.45) is 0 Å². The smallest absolute Gasteiger partial charge is 0.275 e. The number of hydrogen-bond acceptors (Lipinski definition) is 6. The van der Waals surface area contributed by atoms with Gasteiger partial charge in [0.05, 0.1) is 19.2 Å². The second-order valence-corrected chi connectivity index (χ2v) is 9.38. The van der Waals surface area contributed by atoms with Gasteiger partial charge in [0, 0.05) is 41.1 Å². The maximum atomic E-state index is 13.6. The van der Waals surface area contributed by atoms with Crippen molar-refractivity contribution in [1.29, 1.82) is 0 Å². The summed E-state index contributed by atoms with van der Waals surface area (Å²) < 4.78 is 39.9. The lowest BCUT2D eigenvalue weighted by atomic mass is 10.1. The molecule has 36 heavy (non-hydrogen) atoms. The normalized spacial score (nSPS) is 12.7. The summed E-state index contributed by atoms with van der Waals surface area (Å²) >= 11 is 7.29. The molecule has 3 aromatic rings. The molecule has 192 valence electrons. The molecule has 0 saturated carbocycles. The van der Waals surface area contributed by atoms with Crippen molar-refractivity contribution in [1.82, 2.24) is 9.55 Å². The molecule has 2 aromatic heterocycles. The van der Waals surface area contributed by atoms with Crippen LogP contribution in [0.4, 0.5) is 8.78 Å². The van der Waals surface area contributed by atoms with E-state index in [0.29, 0.717) is 26.7 Å². The second kappa shape index (κ2) is 12.3. The molecule has 0 aliphatic heterocycles. The van der Waals surface area contributed by atoms with Gasteiger partial charge in [0.25, 0.3) is 11.5 Å². The number of benzene rings is 1. The van der Waals surface area contributed by atoms with Gasteiger partial charge in [-0.1, -0.05) is 30.3 Å². The van der Waals surface area contributed by atoms with Crippen LogP contribution in [0.5, 0.6) is 0 Å². The van der Waals surface area contributed by atoms with Gasteiger partial charge in [0.15, 0.2) is 11.5 Å². The Bertz CT molecular complexity index is 1330. The lowest BCUT2D eigenvalue weighted by Crippen LogP contribution is -2.19. The third-order valence-electron chi connectivity index (χ3n) is 5.32. The number of fused-ring (bicyclic) bond motifs is 1. The minimum atomic E-state index is -2.94. The fourth-order valence-corrected chi connectivity index (χ4v) is 4.60. The van der Waals surface area contributed by atoms with Gasteiger partial charge in [-0.3, -0.25) is 9.36 Å². The molecule has 0 saturated heterocycles. The van der Waals surface area contributed by atoms with Gasteiger partial charge in [-0.2, -0.15) is 0 Å². The molecule has 0 unspecified atom stereocenters. The van der Waals surface area contributed by atoms with Gasteiger partial charge < -0.3 is 14.6 Å².